The molecule has 0 N–H and O–H groups in total. The molecule has 0 aromatic heterocycles. The van der Waals surface area contributed by atoms with Crippen LogP contribution in [0.25, 0.3) is 0 Å². The Balaban J connectivity index is 2.52. The van der Waals surface area contributed by atoms with Crippen LogP contribution in [0.3, 0.4) is 0 Å². The highest BCUT2D eigenvalue weighted by Gasteiger charge is 2.04. The van der Waals surface area contributed by atoms with Crippen LogP contribution in [0.4, 0.5) is 0 Å². The monoisotopic (exact) mass is 288 g/mol. The van der Waals surface area contributed by atoms with Gasteiger partial charge in [-0.1, -0.05) is 62.1 Å². The number of aryl methyl sites for hydroxylation is 1. The van der Waals surface area contributed by atoms with Gasteiger partial charge in [0.25, 0.3) is 0 Å². The normalized spacial score (nSPS) is 11.4. The highest BCUT2D eigenvalue weighted by Crippen LogP contribution is 2.17. The van der Waals surface area contributed by atoms with Crippen LogP contribution < -0.4 is 0 Å². The van der Waals surface area contributed by atoms with Gasteiger partial charge in [-0.25, -0.2) is 4.79 Å². The van der Waals surface area contributed by atoms with E-state index in [-0.39, 0.29) is 5.97 Å². The van der Waals surface area contributed by atoms with Gasteiger partial charge < -0.3 is 4.74 Å². The van der Waals surface area contributed by atoms with Crippen LogP contribution in [0.1, 0.15) is 57.9 Å². The highest BCUT2D eigenvalue weighted by atomic mass is 16.5. The van der Waals surface area contributed by atoms with E-state index in [1.165, 1.54) is 30.4 Å². The molecule has 0 heterocycles. The average Bonchev–Trinajstić information content (AvgIpc) is 2.50. The summed E-state index contributed by atoms with van der Waals surface area (Å²) in [7, 11) is 0. The molecule has 116 valence electrons. The molecule has 0 amide bonds. The topological polar surface area (TPSA) is 26.3 Å². The quantitative estimate of drug-likeness (QED) is 0.341. The summed E-state index contributed by atoms with van der Waals surface area (Å²) in [4.78, 5) is 11.7. The summed E-state index contributed by atoms with van der Waals surface area (Å²) in [5.41, 5.74) is 2.54. The number of hydrogen-bond donors (Lipinski definition) is 0. The molecule has 1 rings (SSSR count). The molecule has 1 aromatic rings. The number of benzene rings is 1. The number of ether oxygens (including phenoxy) is 1. The van der Waals surface area contributed by atoms with E-state index in [2.05, 4.69) is 31.2 Å². The smallest absolute Gasteiger partial charge is 0.330 e. The third-order valence-electron chi connectivity index (χ3n) is 3.54. The van der Waals surface area contributed by atoms with Gasteiger partial charge in [-0.2, -0.15) is 0 Å². The Morgan fingerprint density at radius 1 is 1.05 bits per heavy atom. The number of rotatable bonds is 10. The van der Waals surface area contributed by atoms with Gasteiger partial charge in [-0.3, -0.25) is 0 Å². The summed E-state index contributed by atoms with van der Waals surface area (Å²) >= 11 is 0. The fourth-order valence-electron chi connectivity index (χ4n) is 2.35. The van der Waals surface area contributed by atoms with Crippen LogP contribution in [0.15, 0.2) is 42.0 Å². The fraction of sp³-hybridized carbons (Fsp3) is 0.526. The summed E-state index contributed by atoms with van der Waals surface area (Å²) in [6, 6.07) is 10.4. The first kappa shape index (κ1) is 17.5. The Bertz CT molecular complexity index is 420. The van der Waals surface area contributed by atoms with Crippen molar-refractivity contribution in [3.63, 3.8) is 0 Å². The molecule has 0 atom stereocenters. The Morgan fingerprint density at radius 2 is 1.81 bits per heavy atom. The van der Waals surface area contributed by atoms with E-state index in [1.807, 2.05) is 13.0 Å². The molecule has 0 bridgehead atoms. The Kier molecular flexibility index (Phi) is 9.26. The van der Waals surface area contributed by atoms with E-state index in [1.54, 1.807) is 6.08 Å². The zero-order valence-electron chi connectivity index (χ0n) is 13.4. The largest absolute Gasteiger partial charge is 0.463 e. The summed E-state index contributed by atoms with van der Waals surface area (Å²) in [6.07, 6.45) is 9.54. The molecule has 0 radical (unpaired) electrons. The third kappa shape index (κ3) is 8.34. The van der Waals surface area contributed by atoms with Crippen molar-refractivity contribution in [3.05, 3.63) is 47.5 Å². The van der Waals surface area contributed by atoms with Gasteiger partial charge in [0.2, 0.25) is 0 Å². The summed E-state index contributed by atoms with van der Waals surface area (Å²) in [6.45, 7) is 4.50. The van der Waals surface area contributed by atoms with Crippen molar-refractivity contribution in [2.75, 3.05) is 6.61 Å². The molecular weight excluding hydrogens is 260 g/mol. The Labute approximate surface area is 129 Å². The van der Waals surface area contributed by atoms with Crippen molar-refractivity contribution in [1.29, 1.82) is 0 Å². The second-order valence-electron chi connectivity index (χ2n) is 5.35. The maximum atomic E-state index is 11.7. The number of carbonyl (C=O) groups is 1. The fourth-order valence-corrected chi connectivity index (χ4v) is 2.35. The van der Waals surface area contributed by atoms with Crippen LogP contribution in [-0.4, -0.2) is 12.6 Å². The lowest BCUT2D eigenvalue weighted by Crippen LogP contribution is -2.02. The second kappa shape index (κ2) is 11.1. The summed E-state index contributed by atoms with van der Waals surface area (Å²) < 4.78 is 5.04. The molecular formula is C19H28O2. The van der Waals surface area contributed by atoms with Crippen molar-refractivity contribution in [2.45, 2.75) is 58.8 Å². The van der Waals surface area contributed by atoms with Crippen molar-refractivity contribution in [1.82, 2.24) is 0 Å². The van der Waals surface area contributed by atoms with Gasteiger partial charge in [0.15, 0.2) is 0 Å². The summed E-state index contributed by atoms with van der Waals surface area (Å²) in [5, 5.41) is 0. The minimum Gasteiger partial charge on any atom is -0.463 e. The van der Waals surface area contributed by atoms with Crippen LogP contribution in [0.2, 0.25) is 0 Å². The molecule has 0 saturated heterocycles. The van der Waals surface area contributed by atoms with E-state index < -0.39 is 0 Å². The summed E-state index contributed by atoms with van der Waals surface area (Å²) in [5.74, 6) is -0.198. The van der Waals surface area contributed by atoms with Gasteiger partial charge in [0.05, 0.1) is 6.61 Å². The number of hydrogen-bond acceptors (Lipinski definition) is 2. The molecule has 2 heteroatoms. The average molecular weight is 288 g/mol. The van der Waals surface area contributed by atoms with Gasteiger partial charge in [0.1, 0.15) is 0 Å². The maximum absolute atomic E-state index is 11.7. The Morgan fingerprint density at radius 3 is 2.48 bits per heavy atom. The van der Waals surface area contributed by atoms with Gasteiger partial charge >= 0.3 is 5.97 Å². The van der Waals surface area contributed by atoms with Gasteiger partial charge in [-0.05, 0) is 38.2 Å². The first-order valence-electron chi connectivity index (χ1n) is 8.16. The molecule has 2 nitrogen and oxygen atoms in total. The van der Waals surface area contributed by atoms with Crippen LogP contribution in [0, 0.1) is 0 Å². The number of carbonyl (C=O) groups excluding carboxylic acids is 1. The molecule has 0 saturated carbocycles. The van der Waals surface area contributed by atoms with Crippen LogP contribution in [0.5, 0.6) is 0 Å². The highest BCUT2D eigenvalue weighted by molar-refractivity contribution is 5.82. The lowest BCUT2D eigenvalue weighted by molar-refractivity contribution is -0.137. The predicted octanol–water partition coefficient (Wildman–Crippen LogP) is 5.08. The van der Waals surface area contributed by atoms with E-state index in [9.17, 15) is 4.79 Å². The Hall–Kier alpha value is -1.57. The molecule has 0 unspecified atom stereocenters. The number of allylic oxidation sites excluding steroid dienone is 1. The lowest BCUT2D eigenvalue weighted by atomic mass is 9.99. The molecule has 0 aliphatic rings. The molecule has 0 aliphatic heterocycles. The second-order valence-corrected chi connectivity index (χ2v) is 5.35. The van der Waals surface area contributed by atoms with Crippen LogP contribution >= 0.6 is 0 Å². The lowest BCUT2D eigenvalue weighted by Gasteiger charge is -2.08. The predicted molar refractivity (Wildman–Crippen MR) is 88.2 cm³/mol. The zero-order chi connectivity index (χ0) is 15.3. The van der Waals surface area contributed by atoms with Crippen molar-refractivity contribution >= 4 is 5.97 Å². The molecule has 0 aliphatic carbocycles. The van der Waals surface area contributed by atoms with E-state index in [4.69, 9.17) is 4.74 Å². The SMILES string of the molecule is CCCCCC/C(=C/C(=O)OCC)CCc1ccccc1. The van der Waals surface area contributed by atoms with Gasteiger partial charge in [0, 0.05) is 6.08 Å². The minimum absolute atomic E-state index is 0.198. The molecule has 0 spiro atoms. The van der Waals surface area contributed by atoms with E-state index in [0.717, 1.165) is 25.7 Å². The first-order chi connectivity index (χ1) is 10.3. The number of unbranched alkanes of at least 4 members (excludes halogenated alkanes) is 3. The van der Waals surface area contributed by atoms with E-state index in [0.29, 0.717) is 6.61 Å². The van der Waals surface area contributed by atoms with Gasteiger partial charge in [-0.15, -0.1) is 0 Å². The van der Waals surface area contributed by atoms with Crippen molar-refractivity contribution < 1.29 is 9.53 Å². The maximum Gasteiger partial charge on any atom is 0.330 e. The number of esters is 1. The molecule has 21 heavy (non-hydrogen) atoms. The van der Waals surface area contributed by atoms with E-state index >= 15 is 0 Å². The molecule has 1 aromatic carbocycles. The molecule has 0 fully saturated rings. The third-order valence-corrected chi connectivity index (χ3v) is 3.54. The van der Waals surface area contributed by atoms with Crippen molar-refractivity contribution in [3.8, 4) is 0 Å². The van der Waals surface area contributed by atoms with Crippen LogP contribution in [-0.2, 0) is 16.0 Å². The minimum atomic E-state index is -0.198. The zero-order valence-corrected chi connectivity index (χ0v) is 13.4. The van der Waals surface area contributed by atoms with Crippen molar-refractivity contribution in [2.24, 2.45) is 0 Å². The standard InChI is InChI=1S/C19H28O2/c1-3-5-6-8-13-18(16-19(20)21-4-2)15-14-17-11-9-7-10-12-17/h7,9-12,16H,3-6,8,13-15H2,1-2H3/b18-16-. The first-order valence-corrected chi connectivity index (χ1v) is 8.16.